The van der Waals surface area contributed by atoms with Crippen LogP contribution in [0.2, 0.25) is 14.8 Å². The van der Waals surface area contributed by atoms with Gasteiger partial charge in [0, 0.05) is 21.1 Å². The van der Waals surface area contributed by atoms with Crippen molar-refractivity contribution in [3.05, 3.63) is 31.7 Å². The van der Waals surface area contributed by atoms with Crippen LogP contribution >= 0.6 is 0 Å². The Labute approximate surface area is 112 Å². The maximum Gasteiger partial charge on any atom is 0 e. The Morgan fingerprint density at radius 1 is 0.714 bits per heavy atom. The van der Waals surface area contributed by atoms with Gasteiger partial charge in [0.2, 0.25) is 0 Å². The number of hydrogen-bond acceptors (Lipinski definition) is 0. The molecule has 0 bridgehead atoms. The largest absolute Gasteiger partial charge is 0 e. The maximum atomic E-state index is 2.36. The van der Waals surface area contributed by atoms with Crippen molar-refractivity contribution in [2.45, 2.75) is 40.5 Å². The first-order chi connectivity index (χ1) is 5.73. The molecule has 87 valence electrons. The molecule has 0 aromatic rings. The molecule has 1 aliphatic carbocycles. The third kappa shape index (κ3) is 23.1. The zero-order valence-electron chi connectivity index (χ0n) is 9.95. The fraction of sp³-hybridized carbons (Fsp3) is 0.583. The Morgan fingerprint density at radius 3 is 1.00 bits per heavy atom. The van der Waals surface area contributed by atoms with E-state index in [4.69, 9.17) is 0 Å². The Kier molecular flexibility index (Phi) is 23.9. The minimum absolute atomic E-state index is 0. The van der Waals surface area contributed by atoms with E-state index in [1.165, 1.54) is 25.7 Å². The minimum Gasteiger partial charge on any atom is 0 e. The van der Waals surface area contributed by atoms with E-state index in [9.17, 15) is 0 Å². The van der Waals surface area contributed by atoms with Crippen LogP contribution in [0.25, 0.3) is 0 Å². The summed E-state index contributed by atoms with van der Waals surface area (Å²) in [5.41, 5.74) is 0. The summed E-state index contributed by atoms with van der Waals surface area (Å²) in [5.74, 6) is 0. The SMILES string of the molecule is C1=C\CC/C=C\CC/1.[CH3-].[CH3][Sn]([CH3])[CH3].[Pt]. The quantitative estimate of drug-likeness (QED) is 0.271. The molecule has 0 nitrogen and oxygen atoms in total. The van der Waals surface area contributed by atoms with E-state index in [0.717, 1.165) is 0 Å². The standard InChI is InChI=1S/C8H12.4CH3.Pt.Sn/c1-2-4-6-8-7-5-3-1;;;;;;/h1-2,7-8H,3-6H2;4*1H3;;/q;;;;-1;;/b2-1-,8-7-;;;;;;. The molecule has 14 heavy (non-hydrogen) atoms. The Bertz CT molecular complexity index is 111. The molecule has 0 amide bonds. The molecular formula is C12H24PtSn-. The summed E-state index contributed by atoms with van der Waals surface area (Å²) >= 11 is -0.543. The molecule has 0 spiro atoms. The predicted molar refractivity (Wildman–Crippen MR) is 66.5 cm³/mol. The summed E-state index contributed by atoms with van der Waals surface area (Å²) in [6.45, 7) is 0. The van der Waals surface area contributed by atoms with Crippen molar-refractivity contribution in [3.63, 3.8) is 0 Å². The molecule has 0 aromatic heterocycles. The average molecular weight is 482 g/mol. The minimum atomic E-state index is -0.543. The molecule has 1 aliphatic rings. The van der Waals surface area contributed by atoms with Gasteiger partial charge in [-0.1, -0.05) is 24.3 Å². The third-order valence-electron chi connectivity index (χ3n) is 1.33. The topological polar surface area (TPSA) is 0 Å². The second-order valence-corrected chi connectivity index (χ2v) is 12.2. The molecule has 0 saturated carbocycles. The fourth-order valence-corrected chi connectivity index (χ4v) is 0.856. The van der Waals surface area contributed by atoms with Crippen molar-refractivity contribution in [1.29, 1.82) is 0 Å². The van der Waals surface area contributed by atoms with Gasteiger partial charge in [0.05, 0.1) is 0 Å². The van der Waals surface area contributed by atoms with Gasteiger partial charge in [0.1, 0.15) is 0 Å². The molecule has 0 atom stereocenters. The van der Waals surface area contributed by atoms with Gasteiger partial charge in [-0.2, -0.15) is 0 Å². The van der Waals surface area contributed by atoms with Crippen molar-refractivity contribution in [2.75, 3.05) is 0 Å². The predicted octanol–water partition coefficient (Wildman–Crippen LogP) is 4.49. The second kappa shape index (κ2) is 16.4. The normalized spacial score (nSPS) is 18.6. The molecule has 0 unspecified atom stereocenters. The summed E-state index contributed by atoms with van der Waals surface area (Å²) in [6, 6.07) is 0. The van der Waals surface area contributed by atoms with Crippen LogP contribution in [-0.4, -0.2) is 19.8 Å². The van der Waals surface area contributed by atoms with E-state index < -0.39 is 19.8 Å². The van der Waals surface area contributed by atoms with E-state index in [2.05, 4.69) is 39.1 Å². The van der Waals surface area contributed by atoms with E-state index >= 15 is 0 Å². The van der Waals surface area contributed by atoms with Gasteiger partial charge < -0.3 is 7.43 Å². The molecule has 0 heterocycles. The number of rotatable bonds is 0. The van der Waals surface area contributed by atoms with Crippen LogP contribution < -0.4 is 0 Å². The summed E-state index contributed by atoms with van der Waals surface area (Å²) in [7, 11) is 0. The van der Waals surface area contributed by atoms with E-state index in [-0.39, 0.29) is 28.5 Å². The first-order valence-corrected chi connectivity index (χ1v) is 13.4. The Hall–Kier alpha value is 0.967. The van der Waals surface area contributed by atoms with Crippen LogP contribution in [-0.2, 0) is 21.1 Å². The zero-order chi connectivity index (χ0) is 9.23. The van der Waals surface area contributed by atoms with Crippen molar-refractivity contribution in [2.24, 2.45) is 0 Å². The van der Waals surface area contributed by atoms with Crippen LogP contribution in [0.3, 0.4) is 0 Å². The van der Waals surface area contributed by atoms with E-state index in [1.807, 2.05) is 0 Å². The second-order valence-electron chi connectivity index (χ2n) is 3.60. The van der Waals surface area contributed by atoms with Crippen LogP contribution in [0.4, 0.5) is 0 Å². The molecule has 0 aromatic carbocycles. The van der Waals surface area contributed by atoms with Crippen LogP contribution in [0.1, 0.15) is 25.7 Å². The molecule has 1 radical (unpaired) electrons. The summed E-state index contributed by atoms with van der Waals surface area (Å²) in [6.07, 6.45) is 14.0. The fourth-order valence-electron chi connectivity index (χ4n) is 0.856. The molecule has 1 rings (SSSR count). The van der Waals surface area contributed by atoms with Gasteiger partial charge in [0.25, 0.3) is 0 Å². The van der Waals surface area contributed by atoms with Crippen molar-refractivity contribution in [3.8, 4) is 0 Å². The smallest absolute Gasteiger partial charge is 0 e. The van der Waals surface area contributed by atoms with Gasteiger partial charge in [-0.15, -0.1) is 0 Å². The Balaban J connectivity index is -0.000000180. The molecular weight excluding hydrogens is 458 g/mol. The van der Waals surface area contributed by atoms with Gasteiger partial charge in [0.15, 0.2) is 0 Å². The monoisotopic (exact) mass is 483 g/mol. The van der Waals surface area contributed by atoms with Gasteiger partial charge >= 0.3 is 34.6 Å². The molecule has 2 heteroatoms. The van der Waals surface area contributed by atoms with Gasteiger partial charge in [-0.3, -0.25) is 0 Å². The van der Waals surface area contributed by atoms with Crippen LogP contribution in [0.15, 0.2) is 24.3 Å². The average Bonchev–Trinajstić information content (AvgIpc) is 1.82. The maximum absolute atomic E-state index is 2.36. The molecule has 0 fully saturated rings. The van der Waals surface area contributed by atoms with Gasteiger partial charge in [-0.05, 0) is 25.7 Å². The van der Waals surface area contributed by atoms with Crippen LogP contribution in [0, 0.1) is 7.43 Å². The van der Waals surface area contributed by atoms with Crippen molar-refractivity contribution >= 4 is 19.8 Å². The Morgan fingerprint density at radius 2 is 0.857 bits per heavy atom. The van der Waals surface area contributed by atoms with Crippen molar-refractivity contribution < 1.29 is 21.1 Å². The molecule has 0 saturated heterocycles. The van der Waals surface area contributed by atoms with Crippen molar-refractivity contribution in [1.82, 2.24) is 0 Å². The summed E-state index contributed by atoms with van der Waals surface area (Å²) in [4.78, 5) is 7.09. The summed E-state index contributed by atoms with van der Waals surface area (Å²) < 4.78 is 0. The van der Waals surface area contributed by atoms with Crippen LogP contribution in [0.5, 0.6) is 0 Å². The van der Waals surface area contributed by atoms with E-state index in [0.29, 0.717) is 0 Å². The number of hydrogen-bond donors (Lipinski definition) is 0. The van der Waals surface area contributed by atoms with E-state index in [1.54, 1.807) is 0 Å². The zero-order valence-corrected chi connectivity index (χ0v) is 15.1. The third-order valence-corrected chi connectivity index (χ3v) is 1.33. The first kappa shape index (κ1) is 20.4. The first-order valence-electron chi connectivity index (χ1n) is 4.80. The molecule has 0 N–H and O–H groups in total. The summed E-state index contributed by atoms with van der Waals surface area (Å²) in [5, 5.41) is 0. The van der Waals surface area contributed by atoms with Gasteiger partial charge in [-0.25, -0.2) is 0 Å². The molecule has 0 aliphatic heterocycles. The number of allylic oxidation sites excluding steroid dienone is 4.